The van der Waals surface area contributed by atoms with E-state index >= 15 is 0 Å². The summed E-state index contributed by atoms with van der Waals surface area (Å²) in [6.07, 6.45) is -2.37. The predicted molar refractivity (Wildman–Crippen MR) is 68.9 cm³/mol. The number of nitrogens with zero attached hydrogens (tertiary/aromatic N) is 1. The first kappa shape index (κ1) is 13.9. The Kier molecular flexibility index (Phi) is 4.14. The molecule has 1 aliphatic rings. The van der Waals surface area contributed by atoms with Crippen molar-refractivity contribution in [1.29, 1.82) is 0 Å². The van der Waals surface area contributed by atoms with E-state index in [2.05, 4.69) is 5.32 Å². The highest BCUT2D eigenvalue weighted by atomic mass is 19.3. The van der Waals surface area contributed by atoms with Crippen molar-refractivity contribution in [2.24, 2.45) is 0 Å². The number of carbonyl (C=O) groups is 1. The lowest BCUT2D eigenvalue weighted by atomic mass is 10.1. The molecular formula is C14H18F2N2O. The van der Waals surface area contributed by atoms with Gasteiger partial charge in [0.15, 0.2) is 0 Å². The van der Waals surface area contributed by atoms with Crippen LogP contribution in [0.1, 0.15) is 30.6 Å². The Morgan fingerprint density at radius 1 is 1.32 bits per heavy atom. The van der Waals surface area contributed by atoms with Gasteiger partial charge in [0.25, 0.3) is 6.43 Å². The number of hydrogen-bond acceptors (Lipinski definition) is 2. The zero-order valence-electron chi connectivity index (χ0n) is 11.1. The van der Waals surface area contributed by atoms with E-state index in [1.165, 1.54) is 4.90 Å². The molecule has 2 atom stereocenters. The van der Waals surface area contributed by atoms with Gasteiger partial charge in [0, 0.05) is 0 Å². The van der Waals surface area contributed by atoms with Gasteiger partial charge in [-0.2, -0.15) is 0 Å². The third-order valence-electron chi connectivity index (χ3n) is 3.39. The minimum absolute atomic E-state index is 0.242. The van der Waals surface area contributed by atoms with Gasteiger partial charge in [-0.3, -0.25) is 10.1 Å². The summed E-state index contributed by atoms with van der Waals surface area (Å²) in [5.74, 6) is -0.242. The van der Waals surface area contributed by atoms with Gasteiger partial charge in [-0.1, -0.05) is 36.8 Å². The molecule has 1 N–H and O–H groups in total. The number of carbonyl (C=O) groups excluding carboxylic acids is 1. The lowest BCUT2D eigenvalue weighted by molar-refractivity contribution is -0.132. The van der Waals surface area contributed by atoms with Crippen LogP contribution < -0.4 is 5.32 Å². The van der Waals surface area contributed by atoms with Crippen molar-refractivity contribution in [1.82, 2.24) is 10.2 Å². The van der Waals surface area contributed by atoms with Crippen LogP contribution in [0.25, 0.3) is 0 Å². The Morgan fingerprint density at radius 3 is 2.47 bits per heavy atom. The van der Waals surface area contributed by atoms with Crippen LogP contribution in [0.5, 0.6) is 0 Å². The smallest absolute Gasteiger partial charge is 0.255 e. The van der Waals surface area contributed by atoms with Gasteiger partial charge in [-0.15, -0.1) is 0 Å². The number of halogens is 2. The average Bonchev–Trinajstić information content (AvgIpc) is 2.67. The van der Waals surface area contributed by atoms with Crippen molar-refractivity contribution >= 4 is 5.91 Å². The van der Waals surface area contributed by atoms with Gasteiger partial charge in [-0.05, 0) is 18.9 Å². The standard InChI is InChI=1S/C14H18F2N2O/c1-3-11-14(19)18(8-12(15)16)13(17-11)10-6-4-9(2)5-7-10/h4-7,11-13,17H,3,8H2,1-2H3. The first-order valence-electron chi connectivity index (χ1n) is 6.44. The largest absolute Gasteiger partial charge is 0.316 e. The summed E-state index contributed by atoms with van der Waals surface area (Å²) in [6, 6.07) is 7.21. The summed E-state index contributed by atoms with van der Waals surface area (Å²) < 4.78 is 25.2. The molecule has 0 radical (unpaired) electrons. The highest BCUT2D eigenvalue weighted by Crippen LogP contribution is 2.27. The summed E-state index contributed by atoms with van der Waals surface area (Å²) in [5.41, 5.74) is 1.94. The van der Waals surface area contributed by atoms with E-state index in [-0.39, 0.29) is 11.9 Å². The Labute approximate surface area is 111 Å². The highest BCUT2D eigenvalue weighted by Gasteiger charge is 2.39. The van der Waals surface area contributed by atoms with Gasteiger partial charge in [0.1, 0.15) is 6.17 Å². The molecule has 1 aromatic rings. The number of benzene rings is 1. The average molecular weight is 268 g/mol. The molecule has 1 fully saturated rings. The van der Waals surface area contributed by atoms with Gasteiger partial charge in [-0.25, -0.2) is 8.78 Å². The highest BCUT2D eigenvalue weighted by molar-refractivity contribution is 5.84. The van der Waals surface area contributed by atoms with Crippen LogP contribution >= 0.6 is 0 Å². The minimum Gasteiger partial charge on any atom is -0.316 e. The molecule has 1 amide bonds. The van der Waals surface area contributed by atoms with E-state index in [9.17, 15) is 13.6 Å². The molecule has 0 bridgehead atoms. The zero-order valence-corrected chi connectivity index (χ0v) is 11.1. The summed E-state index contributed by atoms with van der Waals surface area (Å²) in [6.45, 7) is 3.30. The second-order valence-corrected chi connectivity index (χ2v) is 4.82. The maximum absolute atomic E-state index is 12.6. The summed E-state index contributed by atoms with van der Waals surface area (Å²) >= 11 is 0. The number of hydrogen-bond donors (Lipinski definition) is 1. The van der Waals surface area contributed by atoms with Crippen molar-refractivity contribution in [3.8, 4) is 0 Å². The predicted octanol–water partition coefficient (Wildman–Crippen LogP) is 2.47. The van der Waals surface area contributed by atoms with Crippen LogP contribution in [0, 0.1) is 6.92 Å². The first-order valence-corrected chi connectivity index (χ1v) is 6.44. The zero-order chi connectivity index (χ0) is 14.0. The van der Waals surface area contributed by atoms with Crippen LogP contribution in [0.4, 0.5) is 8.78 Å². The lowest BCUT2D eigenvalue weighted by Gasteiger charge is -2.24. The molecule has 19 heavy (non-hydrogen) atoms. The molecule has 1 aliphatic heterocycles. The van der Waals surface area contributed by atoms with Crippen LogP contribution in [0.2, 0.25) is 0 Å². The minimum atomic E-state index is -2.52. The third kappa shape index (κ3) is 2.92. The summed E-state index contributed by atoms with van der Waals surface area (Å²) in [7, 11) is 0. The van der Waals surface area contributed by atoms with E-state index in [1.807, 2.05) is 38.1 Å². The number of rotatable bonds is 4. The molecule has 1 saturated heterocycles. The van der Waals surface area contributed by atoms with Gasteiger partial charge in [0.05, 0.1) is 12.6 Å². The van der Waals surface area contributed by atoms with Gasteiger partial charge in [0.2, 0.25) is 5.91 Å². The maximum atomic E-state index is 12.6. The molecule has 2 unspecified atom stereocenters. The first-order chi connectivity index (χ1) is 9.02. The summed E-state index contributed by atoms with van der Waals surface area (Å²) in [5, 5.41) is 3.12. The van der Waals surface area contributed by atoms with Crippen LogP contribution in [-0.2, 0) is 4.79 Å². The van der Waals surface area contributed by atoms with Crippen LogP contribution in [0.15, 0.2) is 24.3 Å². The number of aryl methyl sites for hydroxylation is 1. The monoisotopic (exact) mass is 268 g/mol. The second kappa shape index (κ2) is 5.65. The third-order valence-corrected chi connectivity index (χ3v) is 3.39. The SMILES string of the molecule is CCC1NC(c2ccc(C)cc2)N(CC(F)F)C1=O. The molecule has 0 aliphatic carbocycles. The van der Waals surface area contributed by atoms with Crippen molar-refractivity contribution in [2.75, 3.05) is 6.54 Å². The quantitative estimate of drug-likeness (QED) is 0.909. The van der Waals surface area contributed by atoms with Crippen molar-refractivity contribution in [2.45, 2.75) is 38.9 Å². The fourth-order valence-corrected chi connectivity index (χ4v) is 2.34. The Balaban J connectivity index is 2.25. The van der Waals surface area contributed by atoms with Crippen molar-refractivity contribution < 1.29 is 13.6 Å². The molecule has 2 rings (SSSR count). The molecule has 0 aromatic heterocycles. The molecule has 1 aromatic carbocycles. The van der Waals surface area contributed by atoms with Gasteiger partial charge >= 0.3 is 0 Å². The van der Waals surface area contributed by atoms with Crippen molar-refractivity contribution in [3.63, 3.8) is 0 Å². The Bertz CT molecular complexity index is 447. The second-order valence-electron chi connectivity index (χ2n) is 4.82. The van der Waals surface area contributed by atoms with E-state index in [1.54, 1.807) is 0 Å². The van der Waals surface area contributed by atoms with E-state index in [0.717, 1.165) is 11.1 Å². The molecule has 5 heteroatoms. The number of alkyl halides is 2. The molecular weight excluding hydrogens is 250 g/mol. The van der Waals surface area contributed by atoms with Crippen molar-refractivity contribution in [3.05, 3.63) is 35.4 Å². The van der Waals surface area contributed by atoms with Crippen LogP contribution in [0.3, 0.4) is 0 Å². The van der Waals surface area contributed by atoms with E-state index in [0.29, 0.717) is 6.42 Å². The molecule has 1 heterocycles. The molecule has 0 spiro atoms. The van der Waals surface area contributed by atoms with Gasteiger partial charge < -0.3 is 4.90 Å². The molecule has 3 nitrogen and oxygen atoms in total. The summed E-state index contributed by atoms with van der Waals surface area (Å²) in [4.78, 5) is 13.3. The van der Waals surface area contributed by atoms with E-state index < -0.39 is 19.1 Å². The lowest BCUT2D eigenvalue weighted by Crippen LogP contribution is -2.34. The topological polar surface area (TPSA) is 32.3 Å². The fraction of sp³-hybridized carbons (Fsp3) is 0.500. The number of amides is 1. The fourth-order valence-electron chi connectivity index (χ4n) is 2.34. The normalized spacial score (nSPS) is 23.4. The molecule has 104 valence electrons. The number of nitrogens with one attached hydrogen (secondary N) is 1. The van der Waals surface area contributed by atoms with Crippen LogP contribution in [-0.4, -0.2) is 29.8 Å². The van der Waals surface area contributed by atoms with E-state index in [4.69, 9.17) is 0 Å². The maximum Gasteiger partial charge on any atom is 0.255 e. The Hall–Kier alpha value is -1.49. The Morgan fingerprint density at radius 2 is 1.95 bits per heavy atom. The molecule has 0 saturated carbocycles.